The Bertz CT molecular complexity index is 737. The molecule has 0 saturated heterocycles. The van der Waals surface area contributed by atoms with Crippen molar-refractivity contribution in [3.63, 3.8) is 0 Å². The van der Waals surface area contributed by atoms with E-state index in [1.807, 2.05) is 6.07 Å². The third-order valence-corrected chi connectivity index (χ3v) is 2.95. The van der Waals surface area contributed by atoms with Crippen LogP contribution in [0.1, 0.15) is 21.9 Å². The topological polar surface area (TPSA) is 101 Å². The Balaban J connectivity index is 0.00000161. The van der Waals surface area contributed by atoms with Gasteiger partial charge in [0.05, 0.1) is 16.8 Å². The van der Waals surface area contributed by atoms with Crippen molar-refractivity contribution in [2.24, 2.45) is 0 Å². The maximum absolute atomic E-state index is 11.7. The molecule has 0 aromatic carbocycles. The number of carbonyl (C=O) groups is 1. The van der Waals surface area contributed by atoms with E-state index in [-0.39, 0.29) is 38.6 Å². The third kappa shape index (κ3) is 3.33. The number of aromatic amines is 1. The van der Waals surface area contributed by atoms with Crippen LogP contribution in [0, 0.1) is 7.05 Å². The van der Waals surface area contributed by atoms with Crippen LogP contribution >= 0.6 is 0 Å². The maximum Gasteiger partial charge on any atom is 0.224 e. The minimum absolute atomic E-state index is 0. The van der Waals surface area contributed by atoms with E-state index in [9.17, 15) is 4.79 Å². The molecule has 0 unspecified atom stereocenters. The molecule has 0 aliphatic carbocycles. The van der Waals surface area contributed by atoms with Gasteiger partial charge in [-0.2, -0.15) is 10.3 Å². The van der Waals surface area contributed by atoms with E-state index in [1.165, 1.54) is 0 Å². The molecule has 8 nitrogen and oxygen atoms in total. The molecule has 105 valence electrons. The summed E-state index contributed by atoms with van der Waals surface area (Å²) in [5.74, 6) is 0.401. The number of tetrazole rings is 1. The summed E-state index contributed by atoms with van der Waals surface area (Å²) in [7, 11) is 3.39. The summed E-state index contributed by atoms with van der Waals surface area (Å²) in [6.45, 7) is 0. The molecule has 3 rings (SSSR count). The molecule has 2 N–H and O–H groups in total. The average molecular weight is 359 g/mol. The van der Waals surface area contributed by atoms with E-state index >= 15 is 0 Å². The molecule has 0 aliphatic rings. The Hall–Kier alpha value is -1.67. The summed E-state index contributed by atoms with van der Waals surface area (Å²) in [5.41, 5.74) is 2.15. The first kappa shape index (κ1) is 15.7. The van der Waals surface area contributed by atoms with Crippen LogP contribution in [-0.2, 0) is 45.6 Å². The number of pyridine rings is 1. The second-order valence-corrected chi connectivity index (χ2v) is 4.22. The summed E-state index contributed by atoms with van der Waals surface area (Å²) in [4.78, 5) is 11.7. The fourth-order valence-electron chi connectivity index (χ4n) is 2.00. The second kappa shape index (κ2) is 6.86. The van der Waals surface area contributed by atoms with Gasteiger partial charge in [-0.05, 0) is 24.6 Å². The molecule has 0 bridgehead atoms. The molecule has 3 aromatic rings. The van der Waals surface area contributed by atoms with Crippen LogP contribution in [0.3, 0.4) is 0 Å². The normalized spacial score (nSPS) is 10.3. The van der Waals surface area contributed by atoms with Gasteiger partial charge in [0.15, 0.2) is 5.82 Å². The van der Waals surface area contributed by atoms with Gasteiger partial charge in [-0.25, -0.2) is 4.52 Å². The van der Waals surface area contributed by atoms with E-state index in [0.717, 1.165) is 11.2 Å². The van der Waals surface area contributed by atoms with Crippen molar-refractivity contribution in [3.8, 4) is 0 Å². The number of nitrogens with one attached hydrogen (secondary N) is 2. The molecule has 0 saturated carbocycles. The first-order chi connectivity index (χ1) is 9.78. The average Bonchev–Trinajstić information content (AvgIpc) is 3.12. The van der Waals surface area contributed by atoms with Gasteiger partial charge in [0.1, 0.15) is 0 Å². The number of carbonyl (C=O) groups excluding carboxylic acids is 1. The van der Waals surface area contributed by atoms with Gasteiger partial charge in [0, 0.05) is 45.3 Å². The molecule has 0 spiro atoms. The molecule has 3 aromatic heterocycles. The molecule has 21 heavy (non-hydrogen) atoms. The Morgan fingerprint density at radius 2 is 2.29 bits per heavy atom. The fraction of sp³-hybridized carbons (Fsp3) is 0.167. The molecule has 9 heteroatoms. The number of H-pyrrole nitrogens is 1. The van der Waals surface area contributed by atoms with E-state index in [0.29, 0.717) is 24.2 Å². The molecule has 0 aliphatic heterocycles. The SMILES string of the molecule is [CH2-]NC(=O)c1cccn2nc(CCc3nn[nH]n3)cc12.[Y]. The van der Waals surface area contributed by atoms with Crippen LogP contribution in [-0.4, -0.2) is 36.1 Å². The number of hydrogen-bond donors (Lipinski definition) is 2. The predicted molar refractivity (Wildman–Crippen MR) is 69.6 cm³/mol. The standard InChI is InChI=1S/C12H12N7O.Y/c1-13-12(20)9-3-2-6-19-10(9)7-8(16-19)4-5-11-14-17-18-15-11;/h2-3,6-7H,1,4-5H2,(H,13,20)(H,14,15,17,18);/q-1;. The number of amides is 1. The van der Waals surface area contributed by atoms with E-state index in [4.69, 9.17) is 0 Å². The van der Waals surface area contributed by atoms with Crippen molar-refractivity contribution < 1.29 is 37.5 Å². The van der Waals surface area contributed by atoms with Gasteiger partial charge in [0.25, 0.3) is 0 Å². The van der Waals surface area contributed by atoms with Gasteiger partial charge in [-0.3, -0.25) is 11.8 Å². The van der Waals surface area contributed by atoms with Gasteiger partial charge in [-0.15, -0.1) is 10.2 Å². The summed E-state index contributed by atoms with van der Waals surface area (Å²) < 4.78 is 1.68. The second-order valence-electron chi connectivity index (χ2n) is 4.22. The van der Waals surface area contributed by atoms with E-state index < -0.39 is 0 Å². The summed E-state index contributed by atoms with van der Waals surface area (Å²) >= 11 is 0. The molecule has 1 radical (unpaired) electrons. The van der Waals surface area contributed by atoms with E-state index in [1.54, 1.807) is 22.8 Å². The first-order valence-electron chi connectivity index (χ1n) is 6.05. The quantitative estimate of drug-likeness (QED) is 0.646. The van der Waals surface area contributed by atoms with Crippen molar-refractivity contribution in [1.82, 2.24) is 35.6 Å². The number of hydrogen-bond acceptors (Lipinski definition) is 5. The Labute approximate surface area is 145 Å². The minimum Gasteiger partial charge on any atom is -0.504 e. The zero-order chi connectivity index (χ0) is 13.9. The number of fused-ring (bicyclic) bond motifs is 1. The Kier molecular flexibility index (Phi) is 5.14. The van der Waals surface area contributed by atoms with Crippen LogP contribution < -0.4 is 5.32 Å². The Morgan fingerprint density at radius 1 is 1.43 bits per heavy atom. The molecule has 3 heterocycles. The number of nitrogens with zero attached hydrogens (tertiary/aromatic N) is 5. The van der Waals surface area contributed by atoms with Crippen molar-refractivity contribution in [2.45, 2.75) is 12.8 Å². The first-order valence-corrected chi connectivity index (χ1v) is 6.05. The van der Waals surface area contributed by atoms with Gasteiger partial charge < -0.3 is 5.32 Å². The molecule has 1 amide bonds. The summed E-state index contributed by atoms with van der Waals surface area (Å²) in [6.07, 6.45) is 3.11. The van der Waals surface area contributed by atoms with Gasteiger partial charge in [-0.1, -0.05) is 5.21 Å². The number of rotatable bonds is 4. The smallest absolute Gasteiger partial charge is 0.224 e. The van der Waals surface area contributed by atoms with Crippen molar-refractivity contribution in [1.29, 1.82) is 0 Å². The van der Waals surface area contributed by atoms with Crippen LogP contribution in [0.4, 0.5) is 0 Å². The molecule has 0 fully saturated rings. The van der Waals surface area contributed by atoms with E-state index in [2.05, 4.69) is 38.1 Å². The van der Waals surface area contributed by atoms with Crippen molar-refractivity contribution in [3.05, 3.63) is 48.5 Å². The zero-order valence-corrected chi connectivity index (χ0v) is 14.0. The van der Waals surface area contributed by atoms with Crippen molar-refractivity contribution in [2.75, 3.05) is 0 Å². The van der Waals surface area contributed by atoms with Crippen LogP contribution in [0.2, 0.25) is 0 Å². The Morgan fingerprint density at radius 3 is 3.00 bits per heavy atom. The predicted octanol–water partition coefficient (Wildman–Crippen LogP) is 0.151. The van der Waals surface area contributed by atoms with Gasteiger partial charge >= 0.3 is 0 Å². The number of aryl methyl sites for hydroxylation is 2. The summed E-state index contributed by atoms with van der Waals surface area (Å²) in [5, 5.41) is 20.5. The van der Waals surface area contributed by atoms with Crippen molar-refractivity contribution >= 4 is 11.4 Å². The van der Waals surface area contributed by atoms with Crippen LogP contribution in [0.25, 0.3) is 5.52 Å². The molecular formula is C12H12N7OY-. The van der Waals surface area contributed by atoms with Crippen LogP contribution in [0.15, 0.2) is 24.4 Å². The summed E-state index contributed by atoms with van der Waals surface area (Å²) in [6, 6.07) is 5.39. The molecular weight excluding hydrogens is 347 g/mol. The van der Waals surface area contributed by atoms with Crippen LogP contribution in [0.5, 0.6) is 0 Å². The maximum atomic E-state index is 11.7. The number of aromatic nitrogens is 6. The minimum atomic E-state index is -0.236. The van der Waals surface area contributed by atoms with Gasteiger partial charge in [0.2, 0.25) is 5.91 Å². The molecule has 0 atom stereocenters. The largest absolute Gasteiger partial charge is 0.504 e. The zero-order valence-electron chi connectivity index (χ0n) is 11.2. The third-order valence-electron chi connectivity index (χ3n) is 2.95. The fourth-order valence-corrected chi connectivity index (χ4v) is 2.00. The monoisotopic (exact) mass is 359 g/mol.